The number of carboxylic acid groups (broad SMARTS) is 1. The van der Waals surface area contributed by atoms with Gasteiger partial charge in [-0.05, 0) is 24.6 Å². The lowest BCUT2D eigenvalue weighted by Crippen LogP contribution is -2.31. The highest BCUT2D eigenvalue weighted by Gasteiger charge is 2.19. The molecule has 1 amide bonds. The number of aryl methyl sites for hydroxylation is 1. The molecule has 1 aromatic heterocycles. The van der Waals surface area contributed by atoms with Crippen LogP contribution in [0.4, 0.5) is 0 Å². The molecule has 0 spiro atoms. The first-order valence-electron chi connectivity index (χ1n) is 6.63. The van der Waals surface area contributed by atoms with Gasteiger partial charge < -0.3 is 14.9 Å². The van der Waals surface area contributed by atoms with Crippen LogP contribution >= 0.6 is 15.9 Å². The van der Waals surface area contributed by atoms with Crippen molar-refractivity contribution in [2.45, 2.75) is 25.8 Å². The van der Waals surface area contributed by atoms with Gasteiger partial charge in [0.15, 0.2) is 0 Å². The molecular formula is C15H15BrN2O4. The fraction of sp³-hybridized carbons (Fsp3) is 0.267. The summed E-state index contributed by atoms with van der Waals surface area (Å²) < 4.78 is 5.73. The van der Waals surface area contributed by atoms with Crippen LogP contribution < -0.4 is 5.32 Å². The number of benzene rings is 1. The zero-order chi connectivity index (χ0) is 16.1. The van der Waals surface area contributed by atoms with Gasteiger partial charge >= 0.3 is 5.97 Å². The van der Waals surface area contributed by atoms with Crippen molar-refractivity contribution in [3.05, 3.63) is 51.8 Å². The standard InChI is InChI=1S/C15H15BrN2O4/c1-9-5-12(18-22-9)7-14(19)17-13(8-15(20)21)10-3-2-4-11(16)6-10/h2-6,13H,7-8H2,1H3,(H,17,19)(H,20,21). The van der Waals surface area contributed by atoms with Crippen molar-refractivity contribution >= 4 is 27.8 Å². The molecular weight excluding hydrogens is 352 g/mol. The molecule has 116 valence electrons. The molecule has 2 N–H and O–H groups in total. The third-order valence-electron chi connectivity index (χ3n) is 2.98. The molecule has 1 unspecified atom stereocenters. The molecule has 2 rings (SSSR count). The highest BCUT2D eigenvalue weighted by Crippen LogP contribution is 2.21. The Balaban J connectivity index is 2.09. The van der Waals surface area contributed by atoms with E-state index in [2.05, 4.69) is 26.4 Å². The minimum Gasteiger partial charge on any atom is -0.481 e. The van der Waals surface area contributed by atoms with Crippen molar-refractivity contribution in [1.29, 1.82) is 0 Å². The van der Waals surface area contributed by atoms with Crippen LogP contribution in [0.15, 0.2) is 39.3 Å². The molecule has 1 aromatic carbocycles. The first-order chi connectivity index (χ1) is 10.4. The van der Waals surface area contributed by atoms with E-state index in [1.54, 1.807) is 31.2 Å². The molecule has 0 saturated carbocycles. The minimum absolute atomic E-state index is 0.0431. The second-order valence-corrected chi connectivity index (χ2v) is 5.79. The average Bonchev–Trinajstić information content (AvgIpc) is 2.82. The monoisotopic (exact) mass is 366 g/mol. The molecule has 1 atom stereocenters. The highest BCUT2D eigenvalue weighted by molar-refractivity contribution is 9.10. The van der Waals surface area contributed by atoms with Crippen molar-refractivity contribution in [2.75, 3.05) is 0 Å². The fourth-order valence-electron chi connectivity index (χ4n) is 2.06. The number of aliphatic carboxylic acids is 1. The summed E-state index contributed by atoms with van der Waals surface area (Å²) in [6.07, 6.45) is -0.151. The summed E-state index contributed by atoms with van der Waals surface area (Å²) >= 11 is 3.34. The summed E-state index contributed by atoms with van der Waals surface area (Å²) in [5.74, 6) is -0.668. The third kappa shape index (κ3) is 4.70. The molecule has 1 heterocycles. The average molecular weight is 367 g/mol. The normalized spacial score (nSPS) is 11.9. The van der Waals surface area contributed by atoms with Crippen molar-refractivity contribution < 1.29 is 19.2 Å². The molecule has 0 bridgehead atoms. The SMILES string of the molecule is Cc1cc(CC(=O)NC(CC(=O)O)c2cccc(Br)c2)no1. The van der Waals surface area contributed by atoms with Crippen LogP contribution in [-0.4, -0.2) is 22.1 Å². The number of nitrogens with zero attached hydrogens (tertiary/aromatic N) is 1. The number of hydrogen-bond acceptors (Lipinski definition) is 4. The number of rotatable bonds is 6. The predicted octanol–water partition coefficient (Wildman–Crippen LogP) is 2.62. The van der Waals surface area contributed by atoms with Gasteiger partial charge in [0.25, 0.3) is 0 Å². The van der Waals surface area contributed by atoms with Gasteiger partial charge in [-0.1, -0.05) is 33.2 Å². The highest BCUT2D eigenvalue weighted by atomic mass is 79.9. The van der Waals surface area contributed by atoms with E-state index in [0.29, 0.717) is 11.5 Å². The van der Waals surface area contributed by atoms with Gasteiger partial charge in [-0.3, -0.25) is 9.59 Å². The van der Waals surface area contributed by atoms with Gasteiger partial charge in [0.2, 0.25) is 5.91 Å². The van der Waals surface area contributed by atoms with Crippen LogP contribution in [0.25, 0.3) is 0 Å². The molecule has 6 nitrogen and oxygen atoms in total. The maximum atomic E-state index is 12.1. The van der Waals surface area contributed by atoms with Gasteiger partial charge in [0.05, 0.1) is 24.6 Å². The van der Waals surface area contributed by atoms with E-state index in [1.807, 2.05) is 6.07 Å². The smallest absolute Gasteiger partial charge is 0.305 e. The second-order valence-electron chi connectivity index (χ2n) is 4.88. The third-order valence-corrected chi connectivity index (χ3v) is 3.48. The Kier molecular flexibility index (Phi) is 5.32. The fourth-order valence-corrected chi connectivity index (χ4v) is 2.48. The molecule has 0 radical (unpaired) electrons. The second kappa shape index (κ2) is 7.22. The summed E-state index contributed by atoms with van der Waals surface area (Å²) in [5.41, 5.74) is 1.24. The van der Waals surface area contributed by atoms with E-state index in [1.165, 1.54) is 0 Å². The summed E-state index contributed by atoms with van der Waals surface area (Å²) in [4.78, 5) is 23.1. The van der Waals surface area contributed by atoms with Gasteiger partial charge in [-0.2, -0.15) is 0 Å². The predicted molar refractivity (Wildman–Crippen MR) is 82.2 cm³/mol. The molecule has 2 aromatic rings. The summed E-state index contributed by atoms with van der Waals surface area (Å²) in [6.45, 7) is 1.74. The molecule has 0 fully saturated rings. The van der Waals surface area contributed by atoms with E-state index in [9.17, 15) is 9.59 Å². The zero-order valence-corrected chi connectivity index (χ0v) is 13.5. The number of carbonyl (C=O) groups is 2. The van der Waals surface area contributed by atoms with E-state index >= 15 is 0 Å². The Hall–Kier alpha value is -2.15. The Morgan fingerprint density at radius 2 is 2.18 bits per heavy atom. The first kappa shape index (κ1) is 16.2. The van der Waals surface area contributed by atoms with E-state index < -0.39 is 12.0 Å². The number of amides is 1. The first-order valence-corrected chi connectivity index (χ1v) is 7.42. The van der Waals surface area contributed by atoms with Gasteiger partial charge in [0, 0.05) is 10.5 Å². The molecule has 0 aliphatic heterocycles. The number of hydrogen-bond donors (Lipinski definition) is 2. The number of aromatic nitrogens is 1. The lowest BCUT2D eigenvalue weighted by atomic mass is 10.0. The number of carboxylic acids is 1. The largest absolute Gasteiger partial charge is 0.481 e. The Morgan fingerprint density at radius 1 is 1.41 bits per heavy atom. The lowest BCUT2D eigenvalue weighted by Gasteiger charge is -2.17. The van der Waals surface area contributed by atoms with Crippen molar-refractivity contribution in [3.63, 3.8) is 0 Å². The Morgan fingerprint density at radius 3 is 2.77 bits per heavy atom. The van der Waals surface area contributed by atoms with Crippen molar-refractivity contribution in [3.8, 4) is 0 Å². The maximum absolute atomic E-state index is 12.1. The number of halogens is 1. The van der Waals surface area contributed by atoms with Gasteiger partial charge in [-0.25, -0.2) is 0 Å². The lowest BCUT2D eigenvalue weighted by molar-refractivity contribution is -0.137. The molecule has 0 saturated heterocycles. The van der Waals surface area contributed by atoms with E-state index in [-0.39, 0.29) is 18.7 Å². The van der Waals surface area contributed by atoms with Gasteiger partial charge in [0.1, 0.15) is 5.76 Å². The summed E-state index contributed by atoms with van der Waals surface area (Å²) in [7, 11) is 0. The van der Waals surface area contributed by atoms with Crippen LogP contribution in [0.5, 0.6) is 0 Å². The number of carbonyl (C=O) groups excluding carboxylic acids is 1. The maximum Gasteiger partial charge on any atom is 0.305 e. The van der Waals surface area contributed by atoms with Crippen LogP contribution in [0.1, 0.15) is 29.5 Å². The van der Waals surface area contributed by atoms with E-state index in [4.69, 9.17) is 9.63 Å². The van der Waals surface area contributed by atoms with Crippen molar-refractivity contribution in [2.24, 2.45) is 0 Å². The van der Waals surface area contributed by atoms with Crippen LogP contribution in [-0.2, 0) is 16.0 Å². The summed E-state index contributed by atoms with van der Waals surface area (Å²) in [5, 5.41) is 15.5. The minimum atomic E-state index is -0.984. The Labute approximate surface area is 135 Å². The van der Waals surface area contributed by atoms with E-state index in [0.717, 1.165) is 10.0 Å². The Bertz CT molecular complexity index is 684. The van der Waals surface area contributed by atoms with Crippen LogP contribution in [0, 0.1) is 6.92 Å². The quantitative estimate of drug-likeness (QED) is 0.819. The molecule has 0 aliphatic rings. The molecule has 7 heteroatoms. The topological polar surface area (TPSA) is 92.4 Å². The summed E-state index contributed by atoms with van der Waals surface area (Å²) in [6, 6.07) is 8.26. The molecule has 0 aliphatic carbocycles. The number of nitrogens with one attached hydrogen (secondary N) is 1. The molecule has 22 heavy (non-hydrogen) atoms. The van der Waals surface area contributed by atoms with Crippen LogP contribution in [0.2, 0.25) is 0 Å². The van der Waals surface area contributed by atoms with Crippen LogP contribution in [0.3, 0.4) is 0 Å². The zero-order valence-electron chi connectivity index (χ0n) is 11.9. The van der Waals surface area contributed by atoms with Gasteiger partial charge in [-0.15, -0.1) is 0 Å². The van der Waals surface area contributed by atoms with Crippen molar-refractivity contribution in [1.82, 2.24) is 10.5 Å².